The van der Waals surface area contributed by atoms with Crippen molar-refractivity contribution in [2.75, 3.05) is 13.9 Å². The third-order valence-corrected chi connectivity index (χ3v) is 4.27. The number of thiophene rings is 1. The van der Waals surface area contributed by atoms with Crippen LogP contribution in [0.25, 0.3) is 6.08 Å². The van der Waals surface area contributed by atoms with E-state index in [1.807, 2.05) is 23.6 Å². The largest absolute Gasteiger partial charge is 0.496 e. The number of rotatable bonds is 5. The molecule has 1 N–H and O–H groups in total. The van der Waals surface area contributed by atoms with Gasteiger partial charge in [0.1, 0.15) is 17.4 Å². The summed E-state index contributed by atoms with van der Waals surface area (Å²) < 4.78 is 15.9. The molecule has 6 nitrogen and oxygen atoms in total. The maximum Gasteiger partial charge on any atom is 0.262 e. The van der Waals surface area contributed by atoms with Crippen LogP contribution in [0.15, 0.2) is 35.2 Å². The molecule has 1 amide bonds. The molecule has 2 aromatic rings. The van der Waals surface area contributed by atoms with Crippen LogP contribution in [0.3, 0.4) is 0 Å². The molecule has 2 heterocycles. The minimum Gasteiger partial charge on any atom is -0.496 e. The van der Waals surface area contributed by atoms with E-state index in [2.05, 4.69) is 5.32 Å². The number of nitriles is 1. The highest BCUT2D eigenvalue weighted by atomic mass is 32.1. The van der Waals surface area contributed by atoms with Crippen molar-refractivity contribution in [1.82, 2.24) is 5.32 Å². The molecule has 0 unspecified atom stereocenters. The van der Waals surface area contributed by atoms with Gasteiger partial charge in [-0.05, 0) is 23.6 Å². The summed E-state index contributed by atoms with van der Waals surface area (Å²) in [7, 11) is 1.51. The molecule has 0 aliphatic carbocycles. The van der Waals surface area contributed by atoms with Crippen LogP contribution in [0.2, 0.25) is 0 Å². The van der Waals surface area contributed by atoms with Crippen molar-refractivity contribution in [2.45, 2.75) is 6.54 Å². The molecular weight excluding hydrogens is 328 g/mol. The number of amides is 1. The second-order valence-electron chi connectivity index (χ2n) is 4.88. The summed E-state index contributed by atoms with van der Waals surface area (Å²) in [5.74, 6) is 1.19. The van der Waals surface area contributed by atoms with E-state index < -0.39 is 5.91 Å². The van der Waals surface area contributed by atoms with E-state index in [0.717, 1.165) is 4.88 Å². The molecule has 0 fully saturated rings. The summed E-state index contributed by atoms with van der Waals surface area (Å²) in [5.41, 5.74) is 0.563. The lowest BCUT2D eigenvalue weighted by Gasteiger charge is -2.07. The maximum atomic E-state index is 12.2. The van der Waals surface area contributed by atoms with Crippen molar-refractivity contribution < 1.29 is 19.0 Å². The van der Waals surface area contributed by atoms with Crippen molar-refractivity contribution in [3.05, 3.63) is 45.7 Å². The van der Waals surface area contributed by atoms with Crippen LogP contribution in [0.1, 0.15) is 10.4 Å². The number of carbonyl (C=O) groups is 1. The fourth-order valence-corrected chi connectivity index (χ4v) is 2.85. The van der Waals surface area contributed by atoms with Crippen LogP contribution in [-0.2, 0) is 11.3 Å². The number of fused-ring (bicyclic) bond motifs is 1. The molecule has 3 rings (SSSR count). The maximum absolute atomic E-state index is 12.2. The predicted molar refractivity (Wildman–Crippen MR) is 88.9 cm³/mol. The van der Waals surface area contributed by atoms with E-state index in [-0.39, 0.29) is 12.4 Å². The van der Waals surface area contributed by atoms with Gasteiger partial charge in [-0.15, -0.1) is 11.3 Å². The molecule has 24 heavy (non-hydrogen) atoms. The highest BCUT2D eigenvalue weighted by Crippen LogP contribution is 2.38. The lowest BCUT2D eigenvalue weighted by atomic mass is 10.1. The molecule has 0 saturated carbocycles. The van der Waals surface area contributed by atoms with Crippen LogP contribution in [-0.4, -0.2) is 19.8 Å². The molecule has 1 aromatic heterocycles. The first-order valence-corrected chi connectivity index (χ1v) is 7.99. The molecule has 7 heteroatoms. The Hall–Kier alpha value is -2.98. The average molecular weight is 342 g/mol. The molecule has 0 atom stereocenters. The van der Waals surface area contributed by atoms with Crippen molar-refractivity contribution in [3.63, 3.8) is 0 Å². The van der Waals surface area contributed by atoms with E-state index in [4.69, 9.17) is 14.2 Å². The number of carbonyl (C=O) groups excluding carboxylic acids is 1. The normalized spacial score (nSPS) is 12.6. The smallest absolute Gasteiger partial charge is 0.262 e. The standard InChI is InChI=1S/C17H14N2O4S/c1-21-14-7-16-15(22-10-23-16)6-11(14)5-12(8-18)17(20)19-9-13-3-2-4-24-13/h2-7H,9-10H2,1H3,(H,19,20)/b12-5+. The van der Waals surface area contributed by atoms with Crippen LogP contribution in [0.4, 0.5) is 0 Å². The Labute approximate surface area is 142 Å². The molecule has 0 spiro atoms. The van der Waals surface area contributed by atoms with E-state index >= 15 is 0 Å². The Morgan fingerprint density at radius 1 is 1.46 bits per heavy atom. The van der Waals surface area contributed by atoms with Crippen molar-refractivity contribution in [1.29, 1.82) is 5.26 Å². The highest BCUT2D eigenvalue weighted by Gasteiger charge is 2.18. The third-order valence-electron chi connectivity index (χ3n) is 3.39. The van der Waals surface area contributed by atoms with E-state index in [1.165, 1.54) is 13.2 Å². The van der Waals surface area contributed by atoms with Crippen LogP contribution >= 0.6 is 11.3 Å². The fourth-order valence-electron chi connectivity index (χ4n) is 2.21. The third kappa shape index (κ3) is 3.34. The fraction of sp³-hybridized carbons (Fsp3) is 0.176. The zero-order valence-corrected chi connectivity index (χ0v) is 13.7. The Kier molecular flexibility index (Phi) is 4.68. The first kappa shape index (κ1) is 15.9. The van der Waals surface area contributed by atoms with E-state index in [9.17, 15) is 10.1 Å². The zero-order valence-electron chi connectivity index (χ0n) is 12.9. The second-order valence-corrected chi connectivity index (χ2v) is 5.91. The number of benzene rings is 1. The number of nitrogens with one attached hydrogen (secondary N) is 1. The van der Waals surface area contributed by atoms with Crippen LogP contribution in [0.5, 0.6) is 17.2 Å². The van der Waals surface area contributed by atoms with Crippen molar-refractivity contribution >= 4 is 23.3 Å². The van der Waals surface area contributed by atoms with Gasteiger partial charge in [0.05, 0.1) is 13.7 Å². The molecule has 1 aliphatic heterocycles. The molecule has 1 aromatic carbocycles. The van der Waals surface area contributed by atoms with E-state index in [0.29, 0.717) is 29.4 Å². The van der Waals surface area contributed by atoms with Gasteiger partial charge < -0.3 is 19.5 Å². The van der Waals surface area contributed by atoms with Gasteiger partial charge in [0.2, 0.25) is 6.79 Å². The Morgan fingerprint density at radius 2 is 2.25 bits per heavy atom. The van der Waals surface area contributed by atoms with Gasteiger partial charge in [-0.25, -0.2) is 0 Å². The van der Waals surface area contributed by atoms with E-state index in [1.54, 1.807) is 23.5 Å². The Balaban J connectivity index is 1.82. The van der Waals surface area contributed by atoms with Crippen LogP contribution < -0.4 is 19.5 Å². The molecule has 0 bridgehead atoms. The number of nitrogens with zero attached hydrogens (tertiary/aromatic N) is 1. The zero-order chi connectivity index (χ0) is 16.9. The Bertz CT molecular complexity index is 822. The van der Waals surface area contributed by atoms with Crippen molar-refractivity contribution in [3.8, 4) is 23.3 Å². The van der Waals surface area contributed by atoms with Crippen LogP contribution in [0, 0.1) is 11.3 Å². The summed E-state index contributed by atoms with van der Waals surface area (Å²) in [6.07, 6.45) is 1.48. The number of hydrogen-bond acceptors (Lipinski definition) is 6. The van der Waals surface area contributed by atoms with Gasteiger partial charge >= 0.3 is 0 Å². The first-order valence-electron chi connectivity index (χ1n) is 7.11. The SMILES string of the molecule is COc1cc2c(cc1/C=C(\C#N)C(=O)NCc1cccs1)OCO2. The quantitative estimate of drug-likeness (QED) is 0.667. The van der Waals surface area contributed by atoms with Gasteiger partial charge in [0, 0.05) is 16.5 Å². The number of hydrogen-bond donors (Lipinski definition) is 1. The lowest BCUT2D eigenvalue weighted by Crippen LogP contribution is -2.23. The monoisotopic (exact) mass is 342 g/mol. The van der Waals surface area contributed by atoms with Gasteiger partial charge in [-0.1, -0.05) is 6.07 Å². The summed E-state index contributed by atoms with van der Waals surface area (Å²) in [4.78, 5) is 13.2. The summed E-state index contributed by atoms with van der Waals surface area (Å²) in [5, 5.41) is 14.0. The van der Waals surface area contributed by atoms with Gasteiger partial charge in [0.15, 0.2) is 11.5 Å². The van der Waals surface area contributed by atoms with Gasteiger partial charge in [-0.2, -0.15) is 5.26 Å². The topological polar surface area (TPSA) is 80.6 Å². The summed E-state index contributed by atoms with van der Waals surface area (Å²) in [6.45, 7) is 0.520. The average Bonchev–Trinajstić information content (AvgIpc) is 3.27. The molecule has 0 radical (unpaired) electrons. The predicted octanol–water partition coefficient (Wildman–Crippen LogP) is 2.71. The minimum atomic E-state index is -0.439. The Morgan fingerprint density at radius 3 is 2.92 bits per heavy atom. The summed E-state index contributed by atoms with van der Waals surface area (Å²) >= 11 is 1.54. The number of ether oxygens (including phenoxy) is 3. The second kappa shape index (κ2) is 7.06. The first-order chi connectivity index (χ1) is 11.7. The number of methoxy groups -OCH3 is 1. The molecule has 122 valence electrons. The lowest BCUT2D eigenvalue weighted by molar-refractivity contribution is -0.117. The molecule has 1 aliphatic rings. The molecular formula is C17H14N2O4S. The highest BCUT2D eigenvalue weighted by molar-refractivity contribution is 7.09. The van der Waals surface area contributed by atoms with Gasteiger partial charge in [-0.3, -0.25) is 4.79 Å². The minimum absolute atomic E-state index is 0.0104. The molecule has 0 saturated heterocycles. The van der Waals surface area contributed by atoms with Gasteiger partial charge in [0.25, 0.3) is 5.91 Å². The van der Waals surface area contributed by atoms with Crippen molar-refractivity contribution in [2.24, 2.45) is 0 Å². The summed E-state index contributed by atoms with van der Waals surface area (Å²) in [6, 6.07) is 9.11.